The van der Waals surface area contributed by atoms with Crippen LogP contribution in [-0.4, -0.2) is 0 Å². The van der Waals surface area contributed by atoms with Crippen molar-refractivity contribution in [2.75, 3.05) is 0 Å². The summed E-state index contributed by atoms with van der Waals surface area (Å²) < 4.78 is 0. The third kappa shape index (κ3) is 3.44. The molecular formula is C12H16. The van der Waals surface area contributed by atoms with E-state index in [1.165, 1.54) is 12.0 Å². The molecule has 0 aromatic carbocycles. The molecule has 0 aromatic rings. The van der Waals surface area contributed by atoms with Crippen LogP contribution in [0.4, 0.5) is 0 Å². The molecule has 0 heterocycles. The van der Waals surface area contributed by atoms with Crippen LogP contribution in [0.1, 0.15) is 33.1 Å². The Morgan fingerprint density at radius 3 is 2.83 bits per heavy atom. The predicted octanol–water partition coefficient (Wildman–Crippen LogP) is 3.31. The summed E-state index contributed by atoms with van der Waals surface area (Å²) in [6, 6.07) is 0. The van der Waals surface area contributed by atoms with Crippen molar-refractivity contribution < 1.29 is 0 Å². The fourth-order valence-corrected chi connectivity index (χ4v) is 1.06. The van der Waals surface area contributed by atoms with Gasteiger partial charge in [0.2, 0.25) is 0 Å². The Bertz CT molecular complexity index is 243. The van der Waals surface area contributed by atoms with Crippen molar-refractivity contribution in [1.82, 2.24) is 0 Å². The zero-order valence-corrected chi connectivity index (χ0v) is 7.93. The summed E-state index contributed by atoms with van der Waals surface area (Å²) in [7, 11) is 0. The SMILES string of the molecule is CC(C)CC#CC1=CCCC=C1. The summed E-state index contributed by atoms with van der Waals surface area (Å²) in [5.41, 5.74) is 1.20. The van der Waals surface area contributed by atoms with Crippen LogP contribution in [0.5, 0.6) is 0 Å². The lowest BCUT2D eigenvalue weighted by Gasteiger charge is -1.98. The van der Waals surface area contributed by atoms with Gasteiger partial charge in [-0.25, -0.2) is 0 Å². The molecule has 1 aliphatic carbocycles. The van der Waals surface area contributed by atoms with Crippen LogP contribution < -0.4 is 0 Å². The fraction of sp³-hybridized carbons (Fsp3) is 0.500. The Morgan fingerprint density at radius 1 is 1.42 bits per heavy atom. The number of hydrogen-bond acceptors (Lipinski definition) is 0. The first-order chi connectivity index (χ1) is 5.79. The molecule has 0 aromatic heterocycles. The van der Waals surface area contributed by atoms with Crippen molar-refractivity contribution in [2.24, 2.45) is 5.92 Å². The highest BCUT2D eigenvalue weighted by molar-refractivity contribution is 5.39. The molecule has 0 fully saturated rings. The molecule has 12 heavy (non-hydrogen) atoms. The van der Waals surface area contributed by atoms with E-state index in [-0.39, 0.29) is 0 Å². The molecule has 64 valence electrons. The number of allylic oxidation sites excluding steroid dienone is 4. The van der Waals surface area contributed by atoms with E-state index in [0.29, 0.717) is 5.92 Å². The van der Waals surface area contributed by atoms with Gasteiger partial charge in [-0.15, -0.1) is 0 Å². The van der Waals surface area contributed by atoms with Crippen molar-refractivity contribution in [3.05, 3.63) is 23.8 Å². The van der Waals surface area contributed by atoms with Crippen LogP contribution in [0.2, 0.25) is 0 Å². The molecule has 1 aliphatic rings. The van der Waals surface area contributed by atoms with E-state index >= 15 is 0 Å². The van der Waals surface area contributed by atoms with E-state index in [4.69, 9.17) is 0 Å². The van der Waals surface area contributed by atoms with Gasteiger partial charge in [0.25, 0.3) is 0 Å². The van der Waals surface area contributed by atoms with E-state index < -0.39 is 0 Å². The van der Waals surface area contributed by atoms with E-state index in [1.54, 1.807) is 0 Å². The van der Waals surface area contributed by atoms with Gasteiger partial charge in [-0.3, -0.25) is 0 Å². The fourth-order valence-electron chi connectivity index (χ4n) is 1.06. The minimum absolute atomic E-state index is 0.686. The van der Waals surface area contributed by atoms with Crippen LogP contribution in [-0.2, 0) is 0 Å². The van der Waals surface area contributed by atoms with Crippen LogP contribution in [0.25, 0.3) is 0 Å². The monoisotopic (exact) mass is 160 g/mol. The van der Waals surface area contributed by atoms with Crippen molar-refractivity contribution in [2.45, 2.75) is 33.1 Å². The second kappa shape index (κ2) is 4.83. The predicted molar refractivity (Wildman–Crippen MR) is 53.7 cm³/mol. The third-order valence-corrected chi connectivity index (χ3v) is 1.74. The molecule has 0 saturated carbocycles. The molecule has 0 radical (unpaired) electrons. The second-order valence-electron chi connectivity index (χ2n) is 3.54. The molecule has 0 amide bonds. The molecule has 0 bridgehead atoms. The van der Waals surface area contributed by atoms with Crippen LogP contribution >= 0.6 is 0 Å². The van der Waals surface area contributed by atoms with Gasteiger partial charge in [0.05, 0.1) is 0 Å². The normalized spacial score (nSPS) is 15.4. The second-order valence-corrected chi connectivity index (χ2v) is 3.54. The first kappa shape index (κ1) is 9.13. The van der Waals surface area contributed by atoms with E-state index in [0.717, 1.165) is 12.8 Å². The van der Waals surface area contributed by atoms with E-state index in [1.807, 2.05) is 0 Å². The minimum atomic E-state index is 0.686. The number of rotatable bonds is 1. The molecule has 0 nitrogen and oxygen atoms in total. The Morgan fingerprint density at radius 2 is 2.25 bits per heavy atom. The van der Waals surface area contributed by atoms with E-state index in [9.17, 15) is 0 Å². The lowest BCUT2D eigenvalue weighted by Crippen LogP contribution is -1.84. The summed E-state index contributed by atoms with van der Waals surface area (Å²) in [5, 5.41) is 0. The lowest BCUT2D eigenvalue weighted by molar-refractivity contribution is 0.676. The minimum Gasteiger partial charge on any atom is -0.0976 e. The molecule has 0 heteroatoms. The van der Waals surface area contributed by atoms with Gasteiger partial charge in [-0.1, -0.05) is 43.9 Å². The topological polar surface area (TPSA) is 0 Å². The summed E-state index contributed by atoms with van der Waals surface area (Å²) in [6.07, 6.45) is 9.87. The highest BCUT2D eigenvalue weighted by atomic mass is 14.0. The molecule has 0 spiro atoms. The zero-order valence-electron chi connectivity index (χ0n) is 7.93. The Hall–Kier alpha value is -0.960. The van der Waals surface area contributed by atoms with Crippen molar-refractivity contribution in [3.8, 4) is 11.8 Å². The molecular weight excluding hydrogens is 144 g/mol. The Balaban J connectivity index is 2.42. The van der Waals surface area contributed by atoms with Crippen LogP contribution in [0.3, 0.4) is 0 Å². The molecule has 1 rings (SSSR count). The highest BCUT2D eigenvalue weighted by Crippen LogP contribution is 2.08. The van der Waals surface area contributed by atoms with Crippen molar-refractivity contribution in [1.29, 1.82) is 0 Å². The quantitative estimate of drug-likeness (QED) is 0.516. The van der Waals surface area contributed by atoms with Gasteiger partial charge in [0.15, 0.2) is 0 Å². The molecule has 0 saturated heterocycles. The Labute approximate surface area is 75.4 Å². The van der Waals surface area contributed by atoms with Crippen LogP contribution in [0, 0.1) is 17.8 Å². The van der Waals surface area contributed by atoms with Gasteiger partial charge in [0, 0.05) is 12.0 Å². The summed E-state index contributed by atoms with van der Waals surface area (Å²) in [6.45, 7) is 4.39. The average molecular weight is 160 g/mol. The zero-order chi connectivity index (χ0) is 8.81. The molecule has 0 unspecified atom stereocenters. The van der Waals surface area contributed by atoms with Crippen molar-refractivity contribution in [3.63, 3.8) is 0 Å². The summed E-state index contributed by atoms with van der Waals surface area (Å²) in [5.74, 6) is 7.05. The maximum Gasteiger partial charge on any atom is 0.0202 e. The number of hydrogen-bond donors (Lipinski definition) is 0. The molecule has 0 aliphatic heterocycles. The maximum absolute atomic E-state index is 3.18. The summed E-state index contributed by atoms with van der Waals surface area (Å²) >= 11 is 0. The smallest absolute Gasteiger partial charge is 0.0202 e. The van der Waals surface area contributed by atoms with Crippen LogP contribution in [0.15, 0.2) is 23.8 Å². The molecule has 0 N–H and O–H groups in total. The van der Waals surface area contributed by atoms with Gasteiger partial charge in [-0.05, 0) is 18.8 Å². The van der Waals surface area contributed by atoms with E-state index in [2.05, 4.69) is 43.9 Å². The third-order valence-electron chi connectivity index (χ3n) is 1.74. The first-order valence-electron chi connectivity index (χ1n) is 4.64. The standard InChI is InChI=1S/C12H16/c1-11(2)7-6-10-12-8-4-3-5-9-12/h4,8-9,11H,3,5,7H2,1-2H3. The lowest BCUT2D eigenvalue weighted by atomic mass is 10.1. The van der Waals surface area contributed by atoms with Gasteiger partial charge in [-0.2, -0.15) is 0 Å². The highest BCUT2D eigenvalue weighted by Gasteiger charge is 1.92. The average Bonchev–Trinajstić information content (AvgIpc) is 2.05. The van der Waals surface area contributed by atoms with Crippen molar-refractivity contribution >= 4 is 0 Å². The first-order valence-corrected chi connectivity index (χ1v) is 4.64. The Kier molecular flexibility index (Phi) is 3.67. The van der Waals surface area contributed by atoms with Gasteiger partial charge in [0.1, 0.15) is 0 Å². The largest absolute Gasteiger partial charge is 0.0976 e. The van der Waals surface area contributed by atoms with Gasteiger partial charge >= 0.3 is 0 Å². The maximum atomic E-state index is 3.18. The molecule has 0 atom stereocenters. The van der Waals surface area contributed by atoms with Gasteiger partial charge < -0.3 is 0 Å². The summed E-state index contributed by atoms with van der Waals surface area (Å²) in [4.78, 5) is 0.